The van der Waals surface area contributed by atoms with Crippen molar-refractivity contribution in [1.82, 2.24) is 9.97 Å². The highest BCUT2D eigenvalue weighted by Crippen LogP contribution is 2.20. The smallest absolute Gasteiger partial charge is 0.251 e. The van der Waals surface area contributed by atoms with Crippen LogP contribution in [0.3, 0.4) is 0 Å². The van der Waals surface area contributed by atoms with Crippen molar-refractivity contribution in [1.29, 1.82) is 0 Å². The molecule has 2 rings (SSSR count). The van der Waals surface area contributed by atoms with Gasteiger partial charge < -0.3 is 10.3 Å². The van der Waals surface area contributed by atoms with Gasteiger partial charge in [0.05, 0.1) is 5.25 Å². The van der Waals surface area contributed by atoms with Gasteiger partial charge >= 0.3 is 0 Å². The van der Waals surface area contributed by atoms with Crippen molar-refractivity contribution in [3.63, 3.8) is 0 Å². The van der Waals surface area contributed by atoms with Crippen LogP contribution >= 0.6 is 11.8 Å². The van der Waals surface area contributed by atoms with Crippen LogP contribution in [-0.2, 0) is 4.79 Å². The lowest BCUT2D eigenvalue weighted by Crippen LogP contribution is -2.23. The number of carbonyl (C=O) groups is 2. The van der Waals surface area contributed by atoms with E-state index < -0.39 is 5.25 Å². The van der Waals surface area contributed by atoms with Crippen molar-refractivity contribution in [3.8, 4) is 0 Å². The molecule has 120 valence electrons. The van der Waals surface area contributed by atoms with Gasteiger partial charge in [0.15, 0.2) is 10.9 Å². The Morgan fingerprint density at radius 3 is 2.70 bits per heavy atom. The average Bonchev–Trinajstić information content (AvgIpc) is 2.46. The zero-order valence-corrected chi connectivity index (χ0v) is 13.9. The standard InChI is InChI=1S/C16H17N3O3S/c1-9-7-14(21)19-16(17-9)23-11(3)15(22)18-13-6-4-5-12(8-13)10(2)20/h4-8,11H,1-3H3,(H,18,22)(H,17,19,21). The quantitative estimate of drug-likeness (QED) is 0.499. The van der Waals surface area contributed by atoms with E-state index in [4.69, 9.17) is 0 Å². The van der Waals surface area contributed by atoms with Crippen LogP contribution in [0.5, 0.6) is 0 Å². The maximum absolute atomic E-state index is 12.2. The number of hydrogen-bond donors (Lipinski definition) is 2. The van der Waals surface area contributed by atoms with Gasteiger partial charge in [0, 0.05) is 23.0 Å². The van der Waals surface area contributed by atoms with Crippen molar-refractivity contribution < 1.29 is 9.59 Å². The Kier molecular flexibility index (Phi) is 5.33. The molecule has 1 atom stereocenters. The number of ketones is 1. The molecule has 1 aromatic heterocycles. The predicted molar refractivity (Wildman–Crippen MR) is 90.0 cm³/mol. The van der Waals surface area contributed by atoms with Gasteiger partial charge in [-0.2, -0.15) is 0 Å². The number of Topliss-reactive ketones (excluding diaryl/α,β-unsaturated/α-hetero) is 1. The molecular formula is C16H17N3O3S. The van der Waals surface area contributed by atoms with Crippen LogP contribution in [0.1, 0.15) is 29.9 Å². The molecule has 7 heteroatoms. The van der Waals surface area contributed by atoms with E-state index in [-0.39, 0.29) is 17.2 Å². The van der Waals surface area contributed by atoms with Crippen molar-refractivity contribution in [3.05, 3.63) is 51.9 Å². The second kappa shape index (κ2) is 7.23. The normalized spacial score (nSPS) is 11.8. The number of benzene rings is 1. The van der Waals surface area contributed by atoms with Crippen LogP contribution in [0.25, 0.3) is 0 Å². The first-order chi connectivity index (χ1) is 10.8. The third-order valence-electron chi connectivity index (χ3n) is 3.04. The lowest BCUT2D eigenvalue weighted by Gasteiger charge is -2.12. The van der Waals surface area contributed by atoms with Gasteiger partial charge in [0.2, 0.25) is 5.91 Å². The van der Waals surface area contributed by atoms with Crippen molar-refractivity contribution in [2.24, 2.45) is 0 Å². The molecule has 2 aromatic rings. The largest absolute Gasteiger partial charge is 0.325 e. The molecule has 0 radical (unpaired) electrons. The topological polar surface area (TPSA) is 91.9 Å². The van der Waals surface area contributed by atoms with Gasteiger partial charge in [-0.15, -0.1) is 0 Å². The summed E-state index contributed by atoms with van der Waals surface area (Å²) >= 11 is 1.16. The number of aromatic amines is 1. The minimum atomic E-state index is -0.457. The molecule has 1 unspecified atom stereocenters. The van der Waals surface area contributed by atoms with Gasteiger partial charge in [-0.25, -0.2) is 4.98 Å². The molecule has 0 saturated heterocycles. The molecule has 0 aliphatic rings. The van der Waals surface area contributed by atoms with E-state index >= 15 is 0 Å². The van der Waals surface area contributed by atoms with Gasteiger partial charge in [-0.05, 0) is 32.9 Å². The lowest BCUT2D eigenvalue weighted by atomic mass is 10.1. The Morgan fingerprint density at radius 1 is 1.30 bits per heavy atom. The van der Waals surface area contributed by atoms with E-state index in [0.717, 1.165) is 11.8 Å². The van der Waals surface area contributed by atoms with Crippen LogP contribution in [0.2, 0.25) is 0 Å². The number of anilines is 1. The number of carbonyl (C=O) groups excluding carboxylic acids is 2. The summed E-state index contributed by atoms with van der Waals surface area (Å²) in [4.78, 5) is 41.8. The summed E-state index contributed by atoms with van der Waals surface area (Å²) in [5, 5.41) is 2.70. The number of aryl methyl sites for hydroxylation is 1. The van der Waals surface area contributed by atoms with E-state index in [1.54, 1.807) is 38.1 Å². The highest BCUT2D eigenvalue weighted by Gasteiger charge is 2.16. The van der Waals surface area contributed by atoms with Crippen LogP contribution in [0, 0.1) is 6.92 Å². The highest BCUT2D eigenvalue weighted by molar-refractivity contribution is 8.00. The molecule has 0 saturated carbocycles. The molecule has 0 spiro atoms. The summed E-state index contributed by atoms with van der Waals surface area (Å²) in [6, 6.07) is 8.14. The number of amides is 1. The first-order valence-corrected chi connectivity index (χ1v) is 7.89. The maximum atomic E-state index is 12.2. The van der Waals surface area contributed by atoms with Crippen molar-refractivity contribution >= 4 is 29.1 Å². The molecule has 2 N–H and O–H groups in total. The number of nitrogens with zero attached hydrogens (tertiary/aromatic N) is 1. The lowest BCUT2D eigenvalue weighted by molar-refractivity contribution is -0.115. The average molecular weight is 331 g/mol. The fourth-order valence-corrected chi connectivity index (χ4v) is 2.75. The molecule has 0 fully saturated rings. The zero-order chi connectivity index (χ0) is 17.0. The van der Waals surface area contributed by atoms with E-state index in [1.165, 1.54) is 13.0 Å². The predicted octanol–water partition coefficient (Wildman–Crippen LogP) is 2.40. The van der Waals surface area contributed by atoms with Crippen LogP contribution < -0.4 is 10.9 Å². The fourth-order valence-electron chi connectivity index (χ4n) is 1.89. The third-order valence-corrected chi connectivity index (χ3v) is 4.03. The Hall–Kier alpha value is -2.41. The zero-order valence-electron chi connectivity index (χ0n) is 13.0. The maximum Gasteiger partial charge on any atom is 0.251 e. The van der Waals surface area contributed by atoms with Crippen molar-refractivity contribution in [2.45, 2.75) is 31.2 Å². The molecule has 0 aliphatic heterocycles. The second-order valence-electron chi connectivity index (χ2n) is 5.08. The summed E-state index contributed by atoms with van der Waals surface area (Å²) in [5.41, 5.74) is 1.44. The highest BCUT2D eigenvalue weighted by atomic mass is 32.2. The van der Waals surface area contributed by atoms with E-state index in [0.29, 0.717) is 22.1 Å². The summed E-state index contributed by atoms with van der Waals surface area (Å²) in [7, 11) is 0. The van der Waals surface area contributed by atoms with E-state index in [2.05, 4.69) is 15.3 Å². The van der Waals surface area contributed by atoms with Gasteiger partial charge in [0.1, 0.15) is 0 Å². The number of thioether (sulfide) groups is 1. The third kappa shape index (κ3) is 4.79. The Balaban J connectivity index is 2.06. The van der Waals surface area contributed by atoms with E-state index in [1.807, 2.05) is 0 Å². The van der Waals surface area contributed by atoms with Crippen LogP contribution in [-0.4, -0.2) is 26.9 Å². The molecule has 1 amide bonds. The first-order valence-electron chi connectivity index (χ1n) is 7.01. The molecular weight excluding hydrogens is 314 g/mol. The molecule has 6 nitrogen and oxygen atoms in total. The Labute approximate surface area is 137 Å². The molecule has 1 heterocycles. The number of rotatable bonds is 5. The number of nitrogens with one attached hydrogen (secondary N) is 2. The van der Waals surface area contributed by atoms with Gasteiger partial charge in [-0.1, -0.05) is 23.9 Å². The van der Waals surface area contributed by atoms with E-state index in [9.17, 15) is 14.4 Å². The minimum Gasteiger partial charge on any atom is -0.325 e. The Morgan fingerprint density at radius 2 is 2.04 bits per heavy atom. The van der Waals surface area contributed by atoms with Crippen molar-refractivity contribution in [2.75, 3.05) is 5.32 Å². The second-order valence-corrected chi connectivity index (χ2v) is 6.41. The summed E-state index contributed by atoms with van der Waals surface area (Å²) in [6.45, 7) is 4.91. The molecule has 0 bridgehead atoms. The molecule has 1 aromatic carbocycles. The summed E-state index contributed by atoms with van der Waals surface area (Å²) < 4.78 is 0. The fraction of sp³-hybridized carbons (Fsp3) is 0.250. The Bertz CT molecular complexity index is 801. The number of hydrogen-bond acceptors (Lipinski definition) is 5. The molecule has 23 heavy (non-hydrogen) atoms. The van der Waals surface area contributed by atoms with Crippen LogP contribution in [0.4, 0.5) is 5.69 Å². The van der Waals surface area contributed by atoms with Gasteiger partial charge in [-0.3, -0.25) is 14.4 Å². The van der Waals surface area contributed by atoms with Gasteiger partial charge in [0.25, 0.3) is 5.56 Å². The summed E-state index contributed by atoms with van der Waals surface area (Å²) in [6.07, 6.45) is 0. The SMILES string of the molecule is CC(=O)c1cccc(NC(=O)C(C)Sc2nc(C)cc(=O)[nH]2)c1. The summed E-state index contributed by atoms with van der Waals surface area (Å²) in [5.74, 6) is -0.301. The number of H-pyrrole nitrogens is 1. The van der Waals surface area contributed by atoms with Crippen LogP contribution in [0.15, 0.2) is 40.3 Å². The first kappa shape index (κ1) is 17.0. The monoisotopic (exact) mass is 331 g/mol. The molecule has 0 aliphatic carbocycles. The minimum absolute atomic E-state index is 0.0648. The number of aromatic nitrogens is 2.